The van der Waals surface area contributed by atoms with Crippen LogP contribution in [0.1, 0.15) is 70.3 Å². The van der Waals surface area contributed by atoms with Crippen LogP contribution in [0.15, 0.2) is 146 Å². The van der Waals surface area contributed by atoms with Gasteiger partial charge in [0.05, 0.1) is 13.2 Å². The van der Waals surface area contributed by atoms with Gasteiger partial charge in [-0.1, -0.05) is 130 Å². The van der Waals surface area contributed by atoms with Crippen LogP contribution in [-0.2, 0) is 11.2 Å². The Morgan fingerprint density at radius 1 is 0.621 bits per heavy atom. The second-order valence-electron chi connectivity index (χ2n) is 17.3. The second kappa shape index (κ2) is 26.2. The van der Waals surface area contributed by atoms with Crippen molar-refractivity contribution in [3.8, 4) is 5.75 Å². The Morgan fingerprint density at radius 3 is 1.71 bits per heavy atom. The minimum atomic E-state index is -0.491. The van der Waals surface area contributed by atoms with Crippen LogP contribution in [0.4, 0.5) is 37.1 Å². The summed E-state index contributed by atoms with van der Waals surface area (Å²) in [6.07, 6.45) is 8.96. The van der Waals surface area contributed by atoms with Gasteiger partial charge in [-0.2, -0.15) is 0 Å². The number of methoxy groups -OCH3 is 1. The third kappa shape index (κ3) is 16.0. The van der Waals surface area contributed by atoms with Crippen molar-refractivity contribution in [2.24, 2.45) is 17.8 Å². The number of anilines is 4. The van der Waals surface area contributed by atoms with Crippen LogP contribution in [0, 0.1) is 17.8 Å². The summed E-state index contributed by atoms with van der Waals surface area (Å²) in [5.74, 6) is 0.266. The van der Waals surface area contributed by atoms with E-state index >= 15 is 0 Å². The first-order valence-corrected chi connectivity index (χ1v) is 23.6. The standard InChI is InChI=1S/C54H67N7O5/c1-41(51(62)56-45-23-10-4-11-24-45)44(22-18-19-36-60(53(64)58-47-27-14-6-15-28-47)37-35-42-31-33-50(66-2)34-32-42)40-61(54(65)59-48-29-16-7-17-30-48)49(38-43-20-8-3-9-21-43)39-55-52(63)57-46-25-12-5-13-26-46/h4-7,10-17,23-34,41,43-44,49H,3,8-9,18-22,35-40H2,1-2H3,(H,56,62)(H,58,64)(H,59,65)(H2,55,57,63)/t41?,44-,49+/m0/s1. The molecule has 3 atom stereocenters. The second-order valence-corrected chi connectivity index (χ2v) is 17.3. The molecule has 5 aromatic carbocycles. The Balaban J connectivity index is 1.24. The highest BCUT2D eigenvalue weighted by atomic mass is 16.5. The molecule has 1 aliphatic rings. The van der Waals surface area contributed by atoms with Crippen molar-refractivity contribution in [1.82, 2.24) is 15.1 Å². The quantitative estimate of drug-likeness (QED) is 0.0440. The Morgan fingerprint density at radius 2 is 1.15 bits per heavy atom. The first-order chi connectivity index (χ1) is 32.2. The molecule has 1 saturated carbocycles. The molecule has 5 N–H and O–H groups in total. The van der Waals surface area contributed by atoms with E-state index in [4.69, 9.17) is 4.74 Å². The molecule has 5 aromatic rings. The van der Waals surface area contributed by atoms with Gasteiger partial charge in [0.2, 0.25) is 5.91 Å². The first kappa shape index (κ1) is 48.6. The van der Waals surface area contributed by atoms with Gasteiger partial charge in [0.1, 0.15) is 5.75 Å². The number of benzene rings is 5. The van der Waals surface area contributed by atoms with E-state index in [0.717, 1.165) is 42.7 Å². The number of carbonyl (C=O) groups is 4. The van der Waals surface area contributed by atoms with Crippen molar-refractivity contribution in [2.45, 2.75) is 77.2 Å². The average Bonchev–Trinajstić information content (AvgIpc) is 3.35. The highest BCUT2D eigenvalue weighted by Gasteiger charge is 2.34. The number of unbranched alkanes of at least 4 members (excludes halogenated alkanes) is 1. The number of ether oxygens (including phenoxy) is 1. The number of para-hydroxylation sites is 4. The van der Waals surface area contributed by atoms with Crippen LogP contribution in [0.3, 0.4) is 0 Å². The Hall–Kier alpha value is -6.82. The summed E-state index contributed by atoms with van der Waals surface area (Å²) >= 11 is 0. The van der Waals surface area contributed by atoms with E-state index in [1.165, 1.54) is 6.42 Å². The summed E-state index contributed by atoms with van der Waals surface area (Å²) in [6, 6.07) is 44.3. The Bertz CT molecular complexity index is 2210. The first-order valence-electron chi connectivity index (χ1n) is 23.6. The smallest absolute Gasteiger partial charge is 0.322 e. The van der Waals surface area contributed by atoms with E-state index in [-0.39, 0.29) is 49.0 Å². The normalized spacial score (nSPS) is 13.8. The molecule has 0 aromatic heterocycles. The zero-order valence-corrected chi connectivity index (χ0v) is 38.5. The van der Waals surface area contributed by atoms with Crippen LogP contribution in [-0.4, -0.2) is 73.1 Å². The lowest BCUT2D eigenvalue weighted by molar-refractivity contribution is -0.121. The number of hydrogen-bond acceptors (Lipinski definition) is 5. The highest BCUT2D eigenvalue weighted by molar-refractivity contribution is 5.93. The molecule has 66 heavy (non-hydrogen) atoms. The van der Waals surface area contributed by atoms with Crippen molar-refractivity contribution in [3.05, 3.63) is 151 Å². The van der Waals surface area contributed by atoms with E-state index in [0.29, 0.717) is 68.2 Å². The lowest BCUT2D eigenvalue weighted by atomic mass is 9.83. The minimum absolute atomic E-state index is 0.137. The molecule has 12 nitrogen and oxygen atoms in total. The fourth-order valence-electron chi connectivity index (χ4n) is 8.70. The van der Waals surface area contributed by atoms with Gasteiger partial charge in [-0.3, -0.25) is 4.79 Å². The van der Waals surface area contributed by atoms with E-state index in [2.05, 4.69) is 26.6 Å². The molecule has 0 radical (unpaired) electrons. The van der Waals surface area contributed by atoms with Crippen LogP contribution in [0.5, 0.6) is 5.75 Å². The molecule has 0 spiro atoms. The number of carbonyl (C=O) groups excluding carboxylic acids is 4. The molecule has 348 valence electrons. The number of amides is 7. The number of nitrogens with zero attached hydrogens (tertiary/aromatic N) is 2. The number of urea groups is 3. The summed E-state index contributed by atoms with van der Waals surface area (Å²) in [5, 5.41) is 15.4. The van der Waals surface area contributed by atoms with Gasteiger partial charge in [-0.05, 0) is 104 Å². The predicted octanol–water partition coefficient (Wildman–Crippen LogP) is 11.5. The van der Waals surface area contributed by atoms with Crippen molar-refractivity contribution in [1.29, 1.82) is 0 Å². The van der Waals surface area contributed by atoms with Crippen LogP contribution in [0.2, 0.25) is 0 Å². The number of hydrogen-bond donors (Lipinski definition) is 5. The van der Waals surface area contributed by atoms with Gasteiger partial charge in [0, 0.05) is 54.8 Å². The molecule has 1 fully saturated rings. The number of nitrogens with one attached hydrogen (secondary N) is 5. The van der Waals surface area contributed by atoms with E-state index in [9.17, 15) is 19.2 Å². The minimum Gasteiger partial charge on any atom is -0.497 e. The Kier molecular flexibility index (Phi) is 19.3. The fourth-order valence-corrected chi connectivity index (χ4v) is 8.70. The lowest BCUT2D eigenvalue weighted by Crippen LogP contribution is -2.52. The molecule has 0 saturated heterocycles. The fraction of sp³-hybridized carbons (Fsp3) is 0.370. The zero-order chi connectivity index (χ0) is 46.4. The zero-order valence-electron chi connectivity index (χ0n) is 38.5. The summed E-state index contributed by atoms with van der Waals surface area (Å²) in [6.45, 7) is 3.44. The van der Waals surface area contributed by atoms with Crippen LogP contribution >= 0.6 is 0 Å². The maximum atomic E-state index is 14.7. The SMILES string of the molecule is COc1ccc(CCN(CCCC[C@@H](CN(C(=O)Nc2ccccc2)[C@@H](CNC(=O)Nc2ccccc2)CC2CCCCC2)C(C)C(=O)Nc2ccccc2)C(=O)Nc2ccccc2)cc1. The maximum Gasteiger partial charge on any atom is 0.322 e. The Labute approximate surface area is 390 Å². The van der Waals surface area contributed by atoms with Gasteiger partial charge < -0.3 is 41.1 Å². The molecular weight excluding hydrogens is 827 g/mol. The average molecular weight is 894 g/mol. The van der Waals surface area contributed by atoms with Crippen molar-refractivity contribution in [3.63, 3.8) is 0 Å². The molecule has 1 unspecified atom stereocenters. The van der Waals surface area contributed by atoms with E-state index in [1.54, 1.807) is 7.11 Å². The predicted molar refractivity (Wildman–Crippen MR) is 266 cm³/mol. The third-order valence-corrected chi connectivity index (χ3v) is 12.6. The third-order valence-electron chi connectivity index (χ3n) is 12.6. The summed E-state index contributed by atoms with van der Waals surface area (Å²) in [7, 11) is 1.64. The van der Waals surface area contributed by atoms with Crippen LogP contribution in [0.25, 0.3) is 0 Å². The molecule has 0 aliphatic heterocycles. The molecule has 7 amide bonds. The molecule has 12 heteroatoms. The van der Waals surface area contributed by atoms with Crippen molar-refractivity contribution >= 4 is 46.8 Å². The topological polar surface area (TPSA) is 144 Å². The summed E-state index contributed by atoms with van der Waals surface area (Å²) in [4.78, 5) is 59.8. The lowest BCUT2D eigenvalue weighted by Gasteiger charge is -2.38. The van der Waals surface area contributed by atoms with Gasteiger partial charge in [-0.25, -0.2) is 14.4 Å². The molecule has 1 aliphatic carbocycles. The highest BCUT2D eigenvalue weighted by Crippen LogP contribution is 2.31. The summed E-state index contributed by atoms with van der Waals surface area (Å²) in [5.41, 5.74) is 3.85. The molecule has 6 rings (SSSR count). The molecular formula is C54H67N7O5. The molecule has 0 bridgehead atoms. The van der Waals surface area contributed by atoms with Gasteiger partial charge >= 0.3 is 18.1 Å². The van der Waals surface area contributed by atoms with Crippen molar-refractivity contribution in [2.75, 3.05) is 54.6 Å². The molecule has 0 heterocycles. The largest absolute Gasteiger partial charge is 0.497 e. The van der Waals surface area contributed by atoms with Gasteiger partial charge in [0.25, 0.3) is 0 Å². The van der Waals surface area contributed by atoms with E-state index in [1.807, 2.05) is 162 Å². The monoisotopic (exact) mass is 894 g/mol. The van der Waals surface area contributed by atoms with E-state index < -0.39 is 5.92 Å². The summed E-state index contributed by atoms with van der Waals surface area (Å²) < 4.78 is 5.35. The van der Waals surface area contributed by atoms with Crippen molar-refractivity contribution < 1.29 is 23.9 Å². The van der Waals surface area contributed by atoms with Gasteiger partial charge in [0.15, 0.2) is 0 Å². The maximum absolute atomic E-state index is 14.7. The van der Waals surface area contributed by atoms with Crippen LogP contribution < -0.4 is 31.3 Å². The number of rotatable bonds is 22. The van der Waals surface area contributed by atoms with Gasteiger partial charge in [-0.15, -0.1) is 0 Å².